The summed E-state index contributed by atoms with van der Waals surface area (Å²) in [6, 6.07) is 4.36. The maximum Gasteiger partial charge on any atom is 0.0224 e. The molecule has 0 aliphatic carbocycles. The summed E-state index contributed by atoms with van der Waals surface area (Å²) >= 11 is 0. The van der Waals surface area contributed by atoms with Crippen LogP contribution < -0.4 is 5.73 Å². The summed E-state index contributed by atoms with van der Waals surface area (Å²) in [5.41, 5.74) is 8.17. The Bertz CT molecular complexity index is 231. The Morgan fingerprint density at radius 1 is 1.08 bits per heavy atom. The van der Waals surface area contributed by atoms with Crippen molar-refractivity contribution in [1.29, 1.82) is 0 Å². The number of nitrogens with two attached hydrogens (primary N) is 1. The Labute approximate surface area is 80.7 Å². The van der Waals surface area contributed by atoms with Gasteiger partial charge in [-0.25, -0.2) is 0 Å². The molecule has 1 rings (SSSR count). The van der Waals surface area contributed by atoms with E-state index in [1.54, 1.807) is 0 Å². The molecule has 2 N–H and O–H groups in total. The first-order valence-electron chi connectivity index (χ1n) is 5.08. The monoisotopic (exact) mass is 180 g/mol. The van der Waals surface area contributed by atoms with Crippen molar-refractivity contribution in [1.82, 2.24) is 4.57 Å². The van der Waals surface area contributed by atoms with Crippen LogP contribution in [0.25, 0.3) is 0 Å². The molecule has 1 aromatic heterocycles. The van der Waals surface area contributed by atoms with E-state index in [4.69, 9.17) is 5.73 Å². The van der Waals surface area contributed by atoms with Gasteiger partial charge < -0.3 is 10.3 Å². The highest BCUT2D eigenvalue weighted by atomic mass is 15.0. The molecule has 0 fully saturated rings. The van der Waals surface area contributed by atoms with Crippen LogP contribution >= 0.6 is 0 Å². The minimum absolute atomic E-state index is 0.823. The van der Waals surface area contributed by atoms with Gasteiger partial charge >= 0.3 is 0 Å². The Balaban J connectivity index is 2.36. The van der Waals surface area contributed by atoms with Gasteiger partial charge in [0.15, 0.2) is 0 Å². The fraction of sp³-hybridized carbons (Fsp3) is 0.636. The number of hydrogen-bond acceptors (Lipinski definition) is 1. The number of nitrogens with zero attached hydrogens (tertiary/aromatic N) is 1. The topological polar surface area (TPSA) is 30.9 Å². The van der Waals surface area contributed by atoms with Gasteiger partial charge in [0.1, 0.15) is 0 Å². The molecule has 2 heteroatoms. The van der Waals surface area contributed by atoms with Gasteiger partial charge in [-0.3, -0.25) is 0 Å². The molecule has 0 aromatic carbocycles. The van der Waals surface area contributed by atoms with Crippen molar-refractivity contribution in [2.75, 3.05) is 6.54 Å². The van der Waals surface area contributed by atoms with E-state index >= 15 is 0 Å². The Hall–Kier alpha value is -0.760. The number of rotatable bonds is 5. The van der Waals surface area contributed by atoms with Gasteiger partial charge in [0.25, 0.3) is 0 Å². The molecule has 0 radical (unpaired) electrons. The average Bonchev–Trinajstić information content (AvgIpc) is 2.42. The van der Waals surface area contributed by atoms with Crippen molar-refractivity contribution in [3.8, 4) is 0 Å². The maximum absolute atomic E-state index is 5.44. The van der Waals surface area contributed by atoms with Crippen LogP contribution in [0.4, 0.5) is 0 Å². The summed E-state index contributed by atoms with van der Waals surface area (Å²) < 4.78 is 2.37. The highest BCUT2D eigenvalue weighted by Gasteiger charge is 1.99. The molecule has 1 aromatic rings. The average molecular weight is 180 g/mol. The molecule has 0 spiro atoms. The fourth-order valence-electron chi connectivity index (χ4n) is 1.64. The third-order valence-electron chi connectivity index (χ3n) is 2.50. The summed E-state index contributed by atoms with van der Waals surface area (Å²) in [6.07, 6.45) is 3.64. The van der Waals surface area contributed by atoms with E-state index in [0.717, 1.165) is 19.5 Å². The lowest BCUT2D eigenvalue weighted by Gasteiger charge is -2.08. The van der Waals surface area contributed by atoms with E-state index in [-0.39, 0.29) is 0 Å². The lowest BCUT2D eigenvalue weighted by atomic mass is 10.2. The standard InChI is InChI=1S/C11H20N2/c1-10-6-7-11(2)13(10)9-5-3-4-8-12/h6-7H,3-5,8-9,12H2,1-2H3. The van der Waals surface area contributed by atoms with Gasteiger partial charge in [0.2, 0.25) is 0 Å². The van der Waals surface area contributed by atoms with Crippen LogP contribution in [0.2, 0.25) is 0 Å². The van der Waals surface area contributed by atoms with E-state index in [1.165, 1.54) is 24.2 Å². The van der Waals surface area contributed by atoms with Gasteiger partial charge in [0, 0.05) is 17.9 Å². The molecule has 0 bridgehead atoms. The van der Waals surface area contributed by atoms with Gasteiger partial charge in [-0.05, 0) is 45.4 Å². The third-order valence-corrected chi connectivity index (χ3v) is 2.50. The zero-order chi connectivity index (χ0) is 9.68. The quantitative estimate of drug-likeness (QED) is 0.692. The van der Waals surface area contributed by atoms with Gasteiger partial charge in [-0.15, -0.1) is 0 Å². The van der Waals surface area contributed by atoms with E-state index < -0.39 is 0 Å². The molecule has 1 heterocycles. The molecule has 0 aliphatic heterocycles. The van der Waals surface area contributed by atoms with E-state index in [0.29, 0.717) is 0 Å². The molecule has 0 atom stereocenters. The van der Waals surface area contributed by atoms with Crippen LogP contribution in [0.5, 0.6) is 0 Å². The van der Waals surface area contributed by atoms with Crippen LogP contribution in [0.15, 0.2) is 12.1 Å². The number of unbranched alkanes of at least 4 members (excludes halogenated alkanes) is 2. The van der Waals surface area contributed by atoms with Crippen molar-refractivity contribution >= 4 is 0 Å². The molecule has 0 unspecified atom stereocenters. The first-order valence-corrected chi connectivity index (χ1v) is 5.08. The number of hydrogen-bond donors (Lipinski definition) is 1. The van der Waals surface area contributed by atoms with Crippen LogP contribution in [0, 0.1) is 13.8 Å². The van der Waals surface area contributed by atoms with Gasteiger partial charge in [0.05, 0.1) is 0 Å². The highest BCUT2D eigenvalue weighted by molar-refractivity contribution is 5.13. The predicted molar refractivity (Wildman–Crippen MR) is 56.8 cm³/mol. The van der Waals surface area contributed by atoms with Crippen molar-refractivity contribution in [2.45, 2.75) is 39.7 Å². The molecule has 13 heavy (non-hydrogen) atoms. The highest BCUT2D eigenvalue weighted by Crippen LogP contribution is 2.09. The minimum Gasteiger partial charge on any atom is -0.349 e. The molecule has 0 saturated heterocycles. The largest absolute Gasteiger partial charge is 0.349 e. The Morgan fingerprint density at radius 2 is 1.69 bits per heavy atom. The maximum atomic E-state index is 5.44. The smallest absolute Gasteiger partial charge is 0.0224 e. The zero-order valence-electron chi connectivity index (χ0n) is 8.71. The molecule has 0 saturated carbocycles. The number of aryl methyl sites for hydroxylation is 2. The first-order chi connectivity index (χ1) is 6.25. The molecular weight excluding hydrogens is 160 g/mol. The van der Waals surface area contributed by atoms with Crippen LogP contribution in [0.3, 0.4) is 0 Å². The van der Waals surface area contributed by atoms with Crippen LogP contribution in [-0.4, -0.2) is 11.1 Å². The summed E-state index contributed by atoms with van der Waals surface area (Å²) in [5, 5.41) is 0. The van der Waals surface area contributed by atoms with Crippen molar-refractivity contribution in [3.63, 3.8) is 0 Å². The second-order valence-electron chi connectivity index (χ2n) is 3.62. The van der Waals surface area contributed by atoms with Crippen molar-refractivity contribution in [3.05, 3.63) is 23.5 Å². The summed E-state index contributed by atoms with van der Waals surface area (Å²) in [7, 11) is 0. The summed E-state index contributed by atoms with van der Waals surface area (Å²) in [6.45, 7) is 6.29. The zero-order valence-corrected chi connectivity index (χ0v) is 8.71. The lowest BCUT2D eigenvalue weighted by Crippen LogP contribution is -2.03. The Morgan fingerprint density at radius 3 is 2.23 bits per heavy atom. The second kappa shape index (κ2) is 5.07. The Kier molecular flexibility index (Phi) is 4.03. The van der Waals surface area contributed by atoms with Crippen molar-refractivity contribution in [2.24, 2.45) is 5.73 Å². The molecule has 0 amide bonds. The van der Waals surface area contributed by atoms with E-state index in [2.05, 4.69) is 30.5 Å². The summed E-state index contributed by atoms with van der Waals surface area (Å²) in [5.74, 6) is 0. The molecule has 0 aliphatic rings. The first kappa shape index (κ1) is 10.3. The van der Waals surface area contributed by atoms with Gasteiger partial charge in [-0.1, -0.05) is 6.42 Å². The fourth-order valence-corrected chi connectivity index (χ4v) is 1.64. The second-order valence-corrected chi connectivity index (χ2v) is 3.62. The normalized spacial score (nSPS) is 10.7. The minimum atomic E-state index is 0.823. The molecular formula is C11H20N2. The van der Waals surface area contributed by atoms with Crippen molar-refractivity contribution < 1.29 is 0 Å². The predicted octanol–water partition coefficient (Wildman–Crippen LogP) is 2.23. The number of aromatic nitrogens is 1. The van der Waals surface area contributed by atoms with Gasteiger partial charge in [-0.2, -0.15) is 0 Å². The molecule has 2 nitrogen and oxygen atoms in total. The SMILES string of the molecule is Cc1ccc(C)n1CCCCCN. The summed E-state index contributed by atoms with van der Waals surface area (Å²) in [4.78, 5) is 0. The molecule has 74 valence electrons. The van der Waals surface area contributed by atoms with E-state index in [1.807, 2.05) is 0 Å². The van der Waals surface area contributed by atoms with Crippen LogP contribution in [0.1, 0.15) is 30.7 Å². The third kappa shape index (κ3) is 2.88. The van der Waals surface area contributed by atoms with Crippen LogP contribution in [-0.2, 0) is 6.54 Å². The van der Waals surface area contributed by atoms with E-state index in [9.17, 15) is 0 Å². The lowest BCUT2D eigenvalue weighted by molar-refractivity contribution is 0.576.